The first-order valence-electron chi connectivity index (χ1n) is 21.2. The van der Waals surface area contributed by atoms with Gasteiger partial charge in [0.15, 0.2) is 0 Å². The molecule has 282 valence electrons. The molecule has 0 saturated carbocycles. The Kier molecular flexibility index (Phi) is 12.4. The van der Waals surface area contributed by atoms with Gasteiger partial charge in [-0.2, -0.15) is 0 Å². The molecule has 2 aliphatic carbocycles. The summed E-state index contributed by atoms with van der Waals surface area (Å²) >= 11 is 0. The lowest BCUT2D eigenvalue weighted by Gasteiger charge is -2.33. The molecule has 8 rings (SSSR count). The maximum atomic E-state index is 2.56. The zero-order valence-electron chi connectivity index (χ0n) is 34.1. The third-order valence-corrected chi connectivity index (χ3v) is 12.4. The molecule has 0 aliphatic heterocycles. The Balaban J connectivity index is 0.000000275. The highest BCUT2D eigenvalue weighted by atomic mass is 15.1. The zero-order chi connectivity index (χ0) is 38.2. The van der Waals surface area contributed by atoms with E-state index in [2.05, 4.69) is 173 Å². The lowest BCUT2D eigenvalue weighted by molar-refractivity contribution is 0.401. The molecule has 2 aliphatic rings. The predicted molar refractivity (Wildman–Crippen MR) is 239 cm³/mol. The summed E-state index contributed by atoms with van der Waals surface area (Å²) in [6.07, 6.45) is 15.4. The summed E-state index contributed by atoms with van der Waals surface area (Å²) in [7, 11) is 4.22. The van der Waals surface area contributed by atoms with Crippen LogP contribution in [0.4, 0.5) is 5.69 Å². The van der Waals surface area contributed by atoms with Crippen LogP contribution in [0.15, 0.2) is 133 Å². The minimum Gasteiger partial charge on any atom is -0.378 e. The first-order chi connectivity index (χ1) is 26.9. The fraction of sp³-hybridized carbons (Fsp3) is 0.333. The maximum absolute atomic E-state index is 2.56. The van der Waals surface area contributed by atoms with Crippen molar-refractivity contribution in [3.63, 3.8) is 0 Å². The summed E-state index contributed by atoms with van der Waals surface area (Å²) in [5.74, 6) is 0. The number of unbranched alkanes of at least 4 members (excludes halogenated alkanes) is 6. The standard InChI is InChI=1S/C40H49N.C14H12/c1-6-8-10-12-26-40(27-13-11-9-7-2)38-28-33(31-16-14-30(3)15-17-31)20-24-36(38)37-25-21-34(29-39(37)40)32-18-22-35(23-19-32)41(4)5;1-2-4-11(5-3-1)13-8-6-12-7-9-14(12)10-13/h14-25,28-29H,6-13,26-27H2,1-5H3;1-6,8,10H,7,9H2. The molecule has 6 aromatic rings. The van der Waals surface area contributed by atoms with Gasteiger partial charge in [-0.3, -0.25) is 0 Å². The summed E-state index contributed by atoms with van der Waals surface area (Å²) in [5, 5.41) is 0. The van der Waals surface area contributed by atoms with Gasteiger partial charge in [0.05, 0.1) is 0 Å². The van der Waals surface area contributed by atoms with Gasteiger partial charge in [0.2, 0.25) is 0 Å². The van der Waals surface area contributed by atoms with Crippen LogP contribution in [-0.4, -0.2) is 14.1 Å². The van der Waals surface area contributed by atoms with Crippen molar-refractivity contribution in [1.82, 2.24) is 0 Å². The molecule has 1 nitrogen and oxygen atoms in total. The molecule has 55 heavy (non-hydrogen) atoms. The molecule has 6 aromatic carbocycles. The number of benzene rings is 6. The second-order valence-corrected chi connectivity index (χ2v) is 16.4. The third kappa shape index (κ3) is 8.52. The number of hydrogen-bond donors (Lipinski definition) is 0. The van der Waals surface area contributed by atoms with E-state index in [4.69, 9.17) is 0 Å². The number of hydrogen-bond acceptors (Lipinski definition) is 1. The van der Waals surface area contributed by atoms with Crippen molar-refractivity contribution >= 4 is 5.69 Å². The lowest BCUT2D eigenvalue weighted by atomic mass is 9.70. The quantitative estimate of drug-likeness (QED) is 0.101. The van der Waals surface area contributed by atoms with Crippen molar-refractivity contribution in [1.29, 1.82) is 0 Å². The van der Waals surface area contributed by atoms with E-state index in [-0.39, 0.29) is 5.41 Å². The van der Waals surface area contributed by atoms with Crippen LogP contribution in [-0.2, 0) is 18.3 Å². The van der Waals surface area contributed by atoms with E-state index in [1.807, 2.05) is 0 Å². The average Bonchev–Trinajstić information content (AvgIpc) is 3.47. The van der Waals surface area contributed by atoms with E-state index >= 15 is 0 Å². The van der Waals surface area contributed by atoms with Crippen molar-refractivity contribution < 1.29 is 0 Å². The predicted octanol–water partition coefficient (Wildman–Crippen LogP) is 15.1. The van der Waals surface area contributed by atoms with E-state index in [1.165, 1.54) is 144 Å². The number of anilines is 1. The van der Waals surface area contributed by atoms with Gasteiger partial charge in [0.1, 0.15) is 0 Å². The smallest absolute Gasteiger partial charge is 0.0361 e. The van der Waals surface area contributed by atoms with E-state index in [0.29, 0.717) is 0 Å². The van der Waals surface area contributed by atoms with Gasteiger partial charge in [-0.25, -0.2) is 0 Å². The average molecular weight is 724 g/mol. The van der Waals surface area contributed by atoms with Gasteiger partial charge in [-0.15, -0.1) is 0 Å². The summed E-state index contributed by atoms with van der Waals surface area (Å²) in [5.41, 5.74) is 19.7. The fourth-order valence-electron chi connectivity index (χ4n) is 8.93. The number of aryl methyl sites for hydroxylation is 3. The molecule has 0 atom stereocenters. The first-order valence-corrected chi connectivity index (χ1v) is 21.2. The van der Waals surface area contributed by atoms with Gasteiger partial charge in [-0.1, -0.05) is 180 Å². The highest BCUT2D eigenvalue weighted by molar-refractivity contribution is 5.86. The van der Waals surface area contributed by atoms with Gasteiger partial charge in [0.25, 0.3) is 0 Å². The van der Waals surface area contributed by atoms with Crippen molar-refractivity contribution in [3.05, 3.63) is 161 Å². The van der Waals surface area contributed by atoms with Crippen LogP contribution in [0.2, 0.25) is 0 Å². The highest BCUT2D eigenvalue weighted by Gasteiger charge is 2.42. The summed E-state index contributed by atoms with van der Waals surface area (Å²) in [6.45, 7) is 6.82. The molecular formula is C54H61N. The van der Waals surface area contributed by atoms with Crippen LogP contribution in [0.3, 0.4) is 0 Å². The molecule has 0 radical (unpaired) electrons. The SMILES string of the molecule is CCCCCCC1(CCCCCC)c2cc(-c3ccc(C)cc3)ccc2-c2ccc(-c3ccc(N(C)C)cc3)cc21.c1ccc(-c2ccc3c(c2)CC3)cc1. The molecule has 0 saturated heterocycles. The van der Waals surface area contributed by atoms with Crippen LogP contribution in [0, 0.1) is 6.92 Å². The molecule has 0 bridgehead atoms. The van der Waals surface area contributed by atoms with Crippen molar-refractivity contribution in [3.8, 4) is 44.5 Å². The Labute approximate surface area is 332 Å². The highest BCUT2D eigenvalue weighted by Crippen LogP contribution is 2.55. The van der Waals surface area contributed by atoms with E-state index < -0.39 is 0 Å². The second-order valence-electron chi connectivity index (χ2n) is 16.4. The van der Waals surface area contributed by atoms with Crippen molar-refractivity contribution in [2.75, 3.05) is 19.0 Å². The largest absolute Gasteiger partial charge is 0.378 e. The molecule has 0 amide bonds. The van der Waals surface area contributed by atoms with Gasteiger partial charge < -0.3 is 4.90 Å². The molecule has 0 heterocycles. The van der Waals surface area contributed by atoms with Crippen LogP contribution in [0.25, 0.3) is 44.5 Å². The second kappa shape index (κ2) is 17.7. The number of rotatable bonds is 14. The van der Waals surface area contributed by atoms with Crippen LogP contribution in [0.1, 0.15) is 106 Å². The van der Waals surface area contributed by atoms with Gasteiger partial charge in [-0.05, 0) is 124 Å². The molecule has 0 aromatic heterocycles. The summed E-state index contributed by atoms with van der Waals surface area (Å²) in [6, 6.07) is 50.2. The monoisotopic (exact) mass is 723 g/mol. The molecular weight excluding hydrogens is 663 g/mol. The molecule has 1 heteroatoms. The molecule has 0 N–H and O–H groups in total. The topological polar surface area (TPSA) is 3.24 Å². The Hall–Kier alpha value is -4.88. The maximum Gasteiger partial charge on any atom is 0.0361 e. The summed E-state index contributed by atoms with van der Waals surface area (Å²) in [4.78, 5) is 2.17. The van der Waals surface area contributed by atoms with E-state index in [0.717, 1.165) is 0 Å². The Bertz CT molecular complexity index is 2140. The Morgan fingerprint density at radius 3 is 1.42 bits per heavy atom. The van der Waals surface area contributed by atoms with E-state index in [9.17, 15) is 0 Å². The zero-order valence-corrected chi connectivity index (χ0v) is 34.1. The minimum atomic E-state index is 0.0758. The lowest BCUT2D eigenvalue weighted by Crippen LogP contribution is -2.25. The normalized spacial score (nSPS) is 13.2. The van der Waals surface area contributed by atoms with Gasteiger partial charge >= 0.3 is 0 Å². The van der Waals surface area contributed by atoms with Crippen LogP contribution >= 0.6 is 0 Å². The van der Waals surface area contributed by atoms with Crippen molar-refractivity contribution in [2.24, 2.45) is 0 Å². The summed E-state index contributed by atoms with van der Waals surface area (Å²) < 4.78 is 0. The van der Waals surface area contributed by atoms with Crippen LogP contribution < -0.4 is 4.90 Å². The van der Waals surface area contributed by atoms with Crippen LogP contribution in [0.5, 0.6) is 0 Å². The molecule has 0 spiro atoms. The third-order valence-electron chi connectivity index (χ3n) is 12.4. The van der Waals surface area contributed by atoms with Gasteiger partial charge in [0, 0.05) is 25.2 Å². The molecule has 0 unspecified atom stereocenters. The van der Waals surface area contributed by atoms with E-state index in [1.54, 1.807) is 11.1 Å². The molecule has 0 fully saturated rings. The Morgan fingerprint density at radius 1 is 0.455 bits per heavy atom. The first kappa shape index (κ1) is 38.4. The fourth-order valence-corrected chi connectivity index (χ4v) is 8.93. The number of nitrogens with zero attached hydrogens (tertiary/aromatic N) is 1. The Morgan fingerprint density at radius 2 is 0.927 bits per heavy atom. The number of fused-ring (bicyclic) bond motifs is 4. The van der Waals surface area contributed by atoms with Crippen molar-refractivity contribution in [2.45, 2.75) is 103 Å². The minimum absolute atomic E-state index is 0.0758.